The second-order valence-electron chi connectivity index (χ2n) is 5.38. The number of rotatable bonds is 1. The maximum Gasteiger partial charge on any atom is 0.219 e. The number of piperazine rings is 1. The molecule has 0 aromatic heterocycles. The molecule has 1 aromatic carbocycles. The molecule has 102 valence electrons. The highest BCUT2D eigenvalue weighted by Crippen LogP contribution is 2.25. The summed E-state index contributed by atoms with van der Waals surface area (Å²) in [5.74, 6) is 0.179. The number of anilines is 1. The van der Waals surface area contributed by atoms with Gasteiger partial charge in [0.1, 0.15) is 0 Å². The molecule has 1 fully saturated rings. The van der Waals surface area contributed by atoms with Crippen molar-refractivity contribution in [2.45, 2.75) is 19.9 Å². The SMILES string of the molecule is CC(=O)N1CCc2ccc(N3CCNCC3)cc2C1. The summed E-state index contributed by atoms with van der Waals surface area (Å²) >= 11 is 0. The molecule has 4 heteroatoms. The minimum atomic E-state index is 0.179. The summed E-state index contributed by atoms with van der Waals surface area (Å²) in [5.41, 5.74) is 4.01. The van der Waals surface area contributed by atoms with Crippen LogP contribution in [0.15, 0.2) is 18.2 Å². The average Bonchev–Trinajstić information content (AvgIpc) is 2.47. The summed E-state index contributed by atoms with van der Waals surface area (Å²) < 4.78 is 0. The minimum Gasteiger partial charge on any atom is -0.369 e. The molecule has 0 radical (unpaired) electrons. The average molecular weight is 259 g/mol. The van der Waals surface area contributed by atoms with Crippen LogP contribution in [-0.2, 0) is 17.8 Å². The summed E-state index contributed by atoms with van der Waals surface area (Å²) in [7, 11) is 0. The first-order valence-electron chi connectivity index (χ1n) is 7.07. The molecule has 2 aliphatic heterocycles. The molecule has 4 nitrogen and oxygen atoms in total. The first-order chi connectivity index (χ1) is 9.24. The maximum atomic E-state index is 11.5. The van der Waals surface area contributed by atoms with Crippen molar-refractivity contribution in [2.24, 2.45) is 0 Å². The molecule has 1 amide bonds. The molecule has 1 saturated heterocycles. The van der Waals surface area contributed by atoms with Gasteiger partial charge in [0.05, 0.1) is 0 Å². The summed E-state index contributed by atoms with van der Waals surface area (Å²) in [6.45, 7) is 7.52. The van der Waals surface area contributed by atoms with E-state index in [1.807, 2.05) is 4.90 Å². The third-order valence-electron chi connectivity index (χ3n) is 4.13. The Kier molecular flexibility index (Phi) is 3.42. The van der Waals surface area contributed by atoms with Crippen molar-refractivity contribution >= 4 is 11.6 Å². The Labute approximate surface area is 114 Å². The molecule has 3 rings (SSSR count). The van der Waals surface area contributed by atoms with Crippen LogP contribution in [0.5, 0.6) is 0 Å². The van der Waals surface area contributed by atoms with Crippen molar-refractivity contribution in [1.82, 2.24) is 10.2 Å². The molecule has 0 atom stereocenters. The van der Waals surface area contributed by atoms with Crippen LogP contribution in [0.4, 0.5) is 5.69 Å². The molecule has 1 aromatic rings. The van der Waals surface area contributed by atoms with Gasteiger partial charge < -0.3 is 15.1 Å². The second-order valence-corrected chi connectivity index (χ2v) is 5.38. The van der Waals surface area contributed by atoms with Gasteiger partial charge in [-0.2, -0.15) is 0 Å². The van der Waals surface area contributed by atoms with E-state index in [-0.39, 0.29) is 5.91 Å². The lowest BCUT2D eigenvalue weighted by Crippen LogP contribution is -2.43. The van der Waals surface area contributed by atoms with Gasteiger partial charge in [-0.05, 0) is 29.7 Å². The molecule has 0 spiro atoms. The molecule has 2 aliphatic rings. The number of carbonyl (C=O) groups is 1. The van der Waals surface area contributed by atoms with Crippen molar-refractivity contribution in [3.05, 3.63) is 29.3 Å². The molecule has 1 N–H and O–H groups in total. The van der Waals surface area contributed by atoms with Gasteiger partial charge in [0.15, 0.2) is 0 Å². The van der Waals surface area contributed by atoms with Gasteiger partial charge in [0, 0.05) is 51.9 Å². The number of amides is 1. The minimum absolute atomic E-state index is 0.179. The lowest BCUT2D eigenvalue weighted by molar-refractivity contribution is -0.129. The van der Waals surface area contributed by atoms with Crippen LogP contribution in [0.2, 0.25) is 0 Å². The van der Waals surface area contributed by atoms with Crippen LogP contribution < -0.4 is 10.2 Å². The zero-order chi connectivity index (χ0) is 13.2. The molecule has 0 bridgehead atoms. The van der Waals surface area contributed by atoms with E-state index in [0.717, 1.165) is 45.7 Å². The first-order valence-corrected chi connectivity index (χ1v) is 7.07. The van der Waals surface area contributed by atoms with E-state index in [4.69, 9.17) is 0 Å². The van der Waals surface area contributed by atoms with E-state index < -0.39 is 0 Å². The van der Waals surface area contributed by atoms with Gasteiger partial charge in [0.25, 0.3) is 0 Å². The summed E-state index contributed by atoms with van der Waals surface area (Å²) in [6.07, 6.45) is 0.983. The zero-order valence-electron chi connectivity index (χ0n) is 11.5. The zero-order valence-corrected chi connectivity index (χ0v) is 11.5. The molecule has 0 aliphatic carbocycles. The van der Waals surface area contributed by atoms with Gasteiger partial charge in [-0.25, -0.2) is 0 Å². The first kappa shape index (κ1) is 12.5. The Bertz CT molecular complexity index is 480. The van der Waals surface area contributed by atoms with Crippen LogP contribution in [0.1, 0.15) is 18.1 Å². The Morgan fingerprint density at radius 1 is 1.16 bits per heavy atom. The highest BCUT2D eigenvalue weighted by molar-refractivity contribution is 5.73. The number of hydrogen-bond donors (Lipinski definition) is 1. The van der Waals surface area contributed by atoms with E-state index in [2.05, 4.69) is 28.4 Å². The molecular formula is C15H21N3O. The number of benzene rings is 1. The van der Waals surface area contributed by atoms with Crippen LogP contribution in [0.25, 0.3) is 0 Å². The summed E-state index contributed by atoms with van der Waals surface area (Å²) in [6, 6.07) is 6.74. The standard InChI is InChI=1S/C15H21N3O/c1-12(19)18-7-4-13-2-3-15(10-14(13)11-18)17-8-5-16-6-9-17/h2-3,10,16H,4-9,11H2,1H3. The normalized spacial score (nSPS) is 19.2. The van der Waals surface area contributed by atoms with Gasteiger partial charge >= 0.3 is 0 Å². The maximum absolute atomic E-state index is 11.5. The Morgan fingerprint density at radius 3 is 2.68 bits per heavy atom. The quantitative estimate of drug-likeness (QED) is 0.817. The second kappa shape index (κ2) is 5.21. The topological polar surface area (TPSA) is 35.6 Å². The highest BCUT2D eigenvalue weighted by atomic mass is 16.2. The van der Waals surface area contributed by atoms with Crippen molar-refractivity contribution in [3.63, 3.8) is 0 Å². The predicted molar refractivity (Wildman–Crippen MR) is 76.3 cm³/mol. The fourth-order valence-corrected chi connectivity index (χ4v) is 2.93. The summed E-state index contributed by atoms with van der Waals surface area (Å²) in [4.78, 5) is 15.9. The summed E-state index contributed by atoms with van der Waals surface area (Å²) in [5, 5.41) is 3.37. The third-order valence-corrected chi connectivity index (χ3v) is 4.13. The number of hydrogen-bond acceptors (Lipinski definition) is 3. The van der Waals surface area contributed by atoms with Gasteiger partial charge in [-0.1, -0.05) is 6.07 Å². The largest absolute Gasteiger partial charge is 0.369 e. The third kappa shape index (κ3) is 2.59. The van der Waals surface area contributed by atoms with Crippen LogP contribution in [-0.4, -0.2) is 43.5 Å². The van der Waals surface area contributed by atoms with E-state index in [1.54, 1.807) is 6.92 Å². The molecular weight excluding hydrogens is 238 g/mol. The van der Waals surface area contributed by atoms with Crippen molar-refractivity contribution in [3.8, 4) is 0 Å². The molecule has 19 heavy (non-hydrogen) atoms. The lowest BCUT2D eigenvalue weighted by Gasteiger charge is -2.32. The molecule has 0 unspecified atom stereocenters. The van der Waals surface area contributed by atoms with Crippen LogP contribution in [0, 0.1) is 0 Å². The van der Waals surface area contributed by atoms with Crippen molar-refractivity contribution in [2.75, 3.05) is 37.6 Å². The number of nitrogens with zero attached hydrogens (tertiary/aromatic N) is 2. The number of fused-ring (bicyclic) bond motifs is 1. The molecule has 0 saturated carbocycles. The van der Waals surface area contributed by atoms with E-state index >= 15 is 0 Å². The Balaban J connectivity index is 1.82. The van der Waals surface area contributed by atoms with Crippen LogP contribution in [0.3, 0.4) is 0 Å². The van der Waals surface area contributed by atoms with E-state index in [9.17, 15) is 4.79 Å². The lowest BCUT2D eigenvalue weighted by atomic mass is 9.98. The fourth-order valence-electron chi connectivity index (χ4n) is 2.93. The monoisotopic (exact) mass is 259 g/mol. The van der Waals surface area contributed by atoms with Crippen LogP contribution >= 0.6 is 0 Å². The van der Waals surface area contributed by atoms with Gasteiger partial charge in [0.2, 0.25) is 5.91 Å². The Morgan fingerprint density at radius 2 is 1.95 bits per heavy atom. The predicted octanol–water partition coefficient (Wildman–Crippen LogP) is 1.00. The highest BCUT2D eigenvalue weighted by Gasteiger charge is 2.19. The van der Waals surface area contributed by atoms with E-state index in [0.29, 0.717) is 0 Å². The smallest absolute Gasteiger partial charge is 0.219 e. The van der Waals surface area contributed by atoms with Crippen molar-refractivity contribution < 1.29 is 4.79 Å². The number of carbonyl (C=O) groups excluding carboxylic acids is 1. The van der Waals surface area contributed by atoms with E-state index in [1.165, 1.54) is 16.8 Å². The fraction of sp³-hybridized carbons (Fsp3) is 0.533. The van der Waals surface area contributed by atoms with Gasteiger partial charge in [-0.3, -0.25) is 4.79 Å². The van der Waals surface area contributed by atoms with Crippen molar-refractivity contribution in [1.29, 1.82) is 0 Å². The number of nitrogens with one attached hydrogen (secondary N) is 1. The Hall–Kier alpha value is -1.55. The molecule has 2 heterocycles. The van der Waals surface area contributed by atoms with Gasteiger partial charge in [-0.15, -0.1) is 0 Å².